The highest BCUT2D eigenvalue weighted by molar-refractivity contribution is 6.28. The van der Waals surface area contributed by atoms with Crippen LogP contribution in [-0.2, 0) is 28.5 Å². The van der Waals surface area contributed by atoms with Gasteiger partial charge in [0.2, 0.25) is 0 Å². The molecule has 314 valence electrons. The van der Waals surface area contributed by atoms with Gasteiger partial charge in [-0.15, -0.1) is 0 Å². The second-order valence-corrected chi connectivity index (χ2v) is 16.8. The molecule has 6 aliphatic rings. The highest BCUT2D eigenvalue weighted by atomic mass is 16.7. The van der Waals surface area contributed by atoms with Crippen molar-refractivity contribution in [1.29, 1.82) is 0 Å². The van der Waals surface area contributed by atoms with Gasteiger partial charge >= 0.3 is 11.8 Å². The number of hydrogen-bond acceptors (Lipinski definition) is 12. The molecule has 0 radical (unpaired) electrons. The number of aromatic hydroxyl groups is 2. The maximum Gasteiger partial charge on any atom is 0.312 e. The average molecular weight is 812 g/mol. The lowest BCUT2D eigenvalue weighted by Crippen LogP contribution is -2.60. The zero-order chi connectivity index (χ0) is 43.0. The molecule has 8 heterocycles. The van der Waals surface area contributed by atoms with E-state index in [2.05, 4.69) is 5.32 Å². The van der Waals surface area contributed by atoms with Crippen molar-refractivity contribution < 1.29 is 53.4 Å². The van der Waals surface area contributed by atoms with Crippen molar-refractivity contribution in [2.45, 2.75) is 105 Å². The Labute approximate surface area is 342 Å². The Bertz CT molecular complexity index is 2500. The van der Waals surface area contributed by atoms with Crippen molar-refractivity contribution in [1.82, 2.24) is 9.38 Å². The van der Waals surface area contributed by atoms with Crippen LogP contribution in [0.4, 0.5) is 5.69 Å². The number of Topliss-reactive ketones (excluding diaryl/α,β-unsaturated/α-hetero) is 1. The molecule has 6 aliphatic heterocycles. The molecule has 1 saturated heterocycles. The number of carbonyl (C=O) groups excluding carboxylic acids is 3. The minimum atomic E-state index is -1.94. The van der Waals surface area contributed by atoms with E-state index in [-0.39, 0.29) is 62.5 Å². The van der Waals surface area contributed by atoms with Gasteiger partial charge in [0.15, 0.2) is 5.75 Å². The number of phenols is 2. The number of methoxy groups -OCH3 is 1. The van der Waals surface area contributed by atoms with Crippen LogP contribution in [0.25, 0.3) is 27.5 Å². The molecule has 2 aromatic carbocycles. The number of aryl methyl sites for hydroxylation is 1. The number of anilines is 1. The summed E-state index contributed by atoms with van der Waals surface area (Å²) in [6.45, 7) is 17.4. The van der Waals surface area contributed by atoms with Crippen molar-refractivity contribution in [3.8, 4) is 17.2 Å². The molecule has 7 bridgehead atoms. The summed E-state index contributed by atoms with van der Waals surface area (Å²) in [6, 6.07) is 3.67. The van der Waals surface area contributed by atoms with Crippen molar-refractivity contribution in [2.24, 2.45) is 23.7 Å². The van der Waals surface area contributed by atoms with Gasteiger partial charge in [0, 0.05) is 67.3 Å². The molecule has 10 rings (SSSR count). The van der Waals surface area contributed by atoms with Crippen LogP contribution >= 0.6 is 0 Å². The summed E-state index contributed by atoms with van der Waals surface area (Å²) >= 11 is 0. The predicted molar refractivity (Wildman–Crippen MR) is 220 cm³/mol. The number of carbonyl (C=O) groups is 3. The zero-order valence-corrected chi connectivity index (χ0v) is 35.2. The number of pyridine rings is 1. The van der Waals surface area contributed by atoms with E-state index in [1.807, 2.05) is 59.8 Å². The molecular weight excluding hydrogens is 759 g/mol. The lowest BCUT2D eigenvalue weighted by molar-refractivity contribution is -0.251. The minimum absolute atomic E-state index is 0.0154. The van der Waals surface area contributed by atoms with Gasteiger partial charge in [0.05, 0.1) is 41.1 Å². The zero-order valence-electron chi connectivity index (χ0n) is 35.2. The standard InChI is InChI=1S/C45H53N3O11/c1-20-14-17-48-29(19-20)46-33-30-31-37(51)25(6)41-32(30)42(53)45(10,59-41)56-18-15-28(55-11)22(3)39(57-27(8)49)23(4)36(50)24(5)40-26(7)44(9,58-40)16-12-13-21(2)43(54)47-34(35(33)48)38(31)52/h12-19,22-24,26,28,36,39-40,50-52H,1-11H3,(H,47,54). The van der Waals surface area contributed by atoms with Crippen LogP contribution in [0, 0.1) is 37.5 Å². The number of ketones is 1. The van der Waals surface area contributed by atoms with Gasteiger partial charge in [-0.05, 0) is 51.5 Å². The van der Waals surface area contributed by atoms with Gasteiger partial charge in [-0.25, -0.2) is 4.98 Å². The number of hydrogen-bond donors (Lipinski definition) is 4. The lowest BCUT2D eigenvalue weighted by atomic mass is 9.70. The summed E-state index contributed by atoms with van der Waals surface area (Å²) < 4.78 is 32.2. The van der Waals surface area contributed by atoms with Gasteiger partial charge in [0.1, 0.15) is 40.0 Å². The fourth-order valence-electron chi connectivity index (χ4n) is 8.95. The number of allylic oxidation sites excluding steroid dienone is 2. The molecule has 10 atom stereocenters. The van der Waals surface area contributed by atoms with Crippen LogP contribution in [-0.4, -0.2) is 85.3 Å². The third-order valence-corrected chi connectivity index (χ3v) is 12.8. The third kappa shape index (κ3) is 6.70. The molecule has 14 heteroatoms. The van der Waals surface area contributed by atoms with Crippen LogP contribution in [0.3, 0.4) is 0 Å². The fraction of sp³-hybridized carbons (Fsp3) is 0.467. The van der Waals surface area contributed by atoms with Crippen LogP contribution in [0.5, 0.6) is 17.2 Å². The maximum absolute atomic E-state index is 14.6. The number of esters is 1. The monoisotopic (exact) mass is 811 g/mol. The minimum Gasteiger partial charge on any atom is -0.507 e. The largest absolute Gasteiger partial charge is 0.507 e. The van der Waals surface area contributed by atoms with Gasteiger partial charge < -0.3 is 44.3 Å². The van der Waals surface area contributed by atoms with Crippen LogP contribution in [0.2, 0.25) is 0 Å². The summed E-state index contributed by atoms with van der Waals surface area (Å²) in [7, 11) is 1.49. The van der Waals surface area contributed by atoms with Crippen LogP contribution in [0.15, 0.2) is 54.5 Å². The summed E-state index contributed by atoms with van der Waals surface area (Å²) in [5.41, 5.74) is 1.64. The molecule has 10 unspecified atom stereocenters. The number of fused-ring (bicyclic) bond motifs is 1. The maximum atomic E-state index is 14.6. The van der Waals surface area contributed by atoms with Crippen molar-refractivity contribution in [3.63, 3.8) is 0 Å². The van der Waals surface area contributed by atoms with E-state index >= 15 is 0 Å². The number of benzene rings is 2. The normalized spacial score (nSPS) is 31.5. The van der Waals surface area contributed by atoms with E-state index in [4.69, 9.17) is 28.7 Å². The van der Waals surface area contributed by atoms with E-state index < -0.39 is 64.9 Å². The number of nitrogens with one attached hydrogen (secondary N) is 1. The number of imidazole rings is 1. The predicted octanol–water partition coefficient (Wildman–Crippen LogP) is 6.95. The molecule has 4 N–H and O–H groups in total. The number of amides is 1. The Balaban J connectivity index is 1.42. The number of ether oxygens (including phenoxy) is 5. The summed E-state index contributed by atoms with van der Waals surface area (Å²) in [5.74, 6) is -5.87. The topological polar surface area (TPSA) is 187 Å². The number of nitrogens with zero attached hydrogens (tertiary/aromatic N) is 2. The SMILES string of the molecule is COC1C=COC2(C)Oc3c(C)c(O)c4c(O)c(c5c(nc6cc(C)ccn65)c4c3C2=O)NC(=O)C(C)=CC=CC2(C)OC(C(C)C(O)C(C)C(OC(C)=O)C1C)C2C. The first kappa shape index (κ1) is 41.7. The van der Waals surface area contributed by atoms with E-state index in [0.717, 1.165) is 5.56 Å². The van der Waals surface area contributed by atoms with Crippen molar-refractivity contribution in [2.75, 3.05) is 12.4 Å². The Hall–Kier alpha value is -5.44. The number of aromatic nitrogens is 2. The van der Waals surface area contributed by atoms with E-state index in [1.165, 1.54) is 27.2 Å². The lowest BCUT2D eigenvalue weighted by Gasteiger charge is -2.54. The highest BCUT2D eigenvalue weighted by Crippen LogP contribution is 2.54. The number of rotatable bonds is 2. The molecule has 1 amide bonds. The van der Waals surface area contributed by atoms with Gasteiger partial charge in [0.25, 0.3) is 11.7 Å². The molecule has 0 saturated carbocycles. The first-order valence-corrected chi connectivity index (χ1v) is 19.9. The van der Waals surface area contributed by atoms with E-state index in [9.17, 15) is 29.7 Å². The second-order valence-electron chi connectivity index (χ2n) is 16.8. The highest BCUT2D eigenvalue weighted by Gasteiger charge is 2.53. The molecular formula is C45H53N3O11. The van der Waals surface area contributed by atoms with Crippen LogP contribution in [0.1, 0.15) is 76.9 Å². The summed E-state index contributed by atoms with van der Waals surface area (Å²) in [5, 5.41) is 38.5. The van der Waals surface area contributed by atoms with Gasteiger partial charge in [-0.1, -0.05) is 45.9 Å². The molecule has 0 spiro atoms. The van der Waals surface area contributed by atoms with E-state index in [0.29, 0.717) is 16.7 Å². The van der Waals surface area contributed by atoms with Crippen molar-refractivity contribution in [3.05, 3.63) is 71.2 Å². The molecule has 2 aromatic heterocycles. The molecule has 4 aromatic rings. The molecule has 14 nitrogen and oxygen atoms in total. The molecule has 0 aliphatic carbocycles. The Kier molecular flexibility index (Phi) is 10.6. The van der Waals surface area contributed by atoms with Gasteiger partial charge in [-0.2, -0.15) is 0 Å². The second kappa shape index (κ2) is 15.0. The Morgan fingerprint density at radius 2 is 1.73 bits per heavy atom. The fourth-order valence-corrected chi connectivity index (χ4v) is 8.95. The summed E-state index contributed by atoms with van der Waals surface area (Å²) in [4.78, 5) is 45.9. The Morgan fingerprint density at radius 3 is 2.39 bits per heavy atom. The summed E-state index contributed by atoms with van der Waals surface area (Å²) in [6.07, 6.45) is 7.05. The number of aliphatic hydroxyl groups excluding tert-OH is 1. The van der Waals surface area contributed by atoms with Crippen LogP contribution < -0.4 is 10.1 Å². The van der Waals surface area contributed by atoms with Crippen molar-refractivity contribution >= 4 is 50.8 Å². The smallest absolute Gasteiger partial charge is 0.312 e. The first-order chi connectivity index (χ1) is 27.7. The number of phenolic OH excluding ortho intramolecular Hbond substituents is 2. The average Bonchev–Trinajstić information content (AvgIpc) is 3.69. The third-order valence-electron chi connectivity index (χ3n) is 12.8. The molecule has 59 heavy (non-hydrogen) atoms. The Morgan fingerprint density at radius 1 is 1.02 bits per heavy atom. The van der Waals surface area contributed by atoms with Gasteiger partial charge in [-0.3, -0.25) is 18.8 Å². The molecule has 1 fully saturated rings. The quantitative estimate of drug-likeness (QED) is 0.121. The first-order valence-electron chi connectivity index (χ1n) is 19.9. The number of aliphatic hydroxyl groups is 1. The van der Waals surface area contributed by atoms with E-state index in [1.54, 1.807) is 42.7 Å².